The van der Waals surface area contributed by atoms with Gasteiger partial charge in [0.05, 0.1) is 0 Å². The fourth-order valence-corrected chi connectivity index (χ4v) is 1.00. The maximum absolute atomic E-state index is 5.55. The molecule has 0 heterocycles. The first-order chi connectivity index (χ1) is 5.91. The lowest BCUT2D eigenvalue weighted by molar-refractivity contribution is 0.294. The van der Waals surface area contributed by atoms with Crippen molar-refractivity contribution in [1.29, 1.82) is 0 Å². The van der Waals surface area contributed by atoms with Crippen molar-refractivity contribution in [3.63, 3.8) is 0 Å². The highest BCUT2D eigenvalue weighted by Gasteiger charge is 2.01. The van der Waals surface area contributed by atoms with Crippen LogP contribution in [0, 0.1) is 0 Å². The molecule has 0 atom stereocenters. The smallest absolute Gasteiger partial charge is 0.102 e. The van der Waals surface area contributed by atoms with E-state index in [9.17, 15) is 0 Å². The number of ether oxygens (including phenoxy) is 1. The summed E-state index contributed by atoms with van der Waals surface area (Å²) >= 11 is 11.1. The third kappa shape index (κ3) is 7.69. The minimum Gasteiger partial charge on any atom is -0.467 e. The van der Waals surface area contributed by atoms with E-state index in [1.807, 2.05) is 0 Å². The van der Waals surface area contributed by atoms with Gasteiger partial charge < -0.3 is 4.74 Å². The molecule has 0 fully saturated rings. The van der Waals surface area contributed by atoms with Crippen LogP contribution in [0.4, 0.5) is 0 Å². The molecule has 13 heavy (non-hydrogen) atoms. The first-order valence-electron chi connectivity index (χ1n) is 3.61. The van der Waals surface area contributed by atoms with E-state index in [0.29, 0.717) is 34.4 Å². The SMILES string of the molecule is C=C(Cl)CC(=C)OC(=C)CC(=C)Cl. The number of hydrogen-bond acceptors (Lipinski definition) is 1. The zero-order valence-corrected chi connectivity index (χ0v) is 8.92. The van der Waals surface area contributed by atoms with Crippen LogP contribution in [0.2, 0.25) is 0 Å². The summed E-state index contributed by atoms with van der Waals surface area (Å²) in [7, 11) is 0. The Morgan fingerprint density at radius 2 is 1.15 bits per heavy atom. The monoisotopic (exact) mass is 218 g/mol. The Balaban J connectivity index is 3.85. The molecule has 72 valence electrons. The van der Waals surface area contributed by atoms with Crippen molar-refractivity contribution < 1.29 is 4.74 Å². The van der Waals surface area contributed by atoms with Gasteiger partial charge in [-0.2, -0.15) is 0 Å². The van der Waals surface area contributed by atoms with Crippen molar-refractivity contribution in [3.05, 3.63) is 47.9 Å². The second kappa shape index (κ2) is 5.90. The van der Waals surface area contributed by atoms with Gasteiger partial charge in [0.2, 0.25) is 0 Å². The van der Waals surface area contributed by atoms with Crippen LogP contribution < -0.4 is 0 Å². The molecule has 0 rings (SSSR count). The molecule has 3 heteroatoms. The van der Waals surface area contributed by atoms with Crippen LogP contribution >= 0.6 is 23.2 Å². The predicted octanol–water partition coefficient (Wildman–Crippen LogP) is 4.32. The third-order valence-electron chi connectivity index (χ3n) is 1.07. The highest BCUT2D eigenvalue weighted by atomic mass is 35.5. The van der Waals surface area contributed by atoms with Crippen LogP contribution in [0.3, 0.4) is 0 Å². The van der Waals surface area contributed by atoms with E-state index in [0.717, 1.165) is 0 Å². The molecule has 0 aromatic heterocycles. The lowest BCUT2D eigenvalue weighted by atomic mass is 10.3. The minimum atomic E-state index is 0.412. The first-order valence-corrected chi connectivity index (χ1v) is 4.37. The van der Waals surface area contributed by atoms with Crippen LogP contribution in [0.15, 0.2) is 47.9 Å². The Morgan fingerprint density at radius 3 is 1.38 bits per heavy atom. The van der Waals surface area contributed by atoms with Gasteiger partial charge in [-0.05, 0) is 0 Å². The van der Waals surface area contributed by atoms with Gasteiger partial charge in [-0.25, -0.2) is 0 Å². The number of allylic oxidation sites excluding steroid dienone is 2. The predicted molar refractivity (Wildman–Crippen MR) is 58.6 cm³/mol. The maximum atomic E-state index is 5.55. The molecule has 0 spiro atoms. The largest absolute Gasteiger partial charge is 0.467 e. The summed E-state index contributed by atoms with van der Waals surface area (Å²) in [6, 6.07) is 0. The Hall–Kier alpha value is -0.660. The summed E-state index contributed by atoms with van der Waals surface area (Å²) in [4.78, 5) is 0. The molecule has 0 aliphatic rings. The lowest BCUT2D eigenvalue weighted by Crippen LogP contribution is -1.91. The van der Waals surface area contributed by atoms with Crippen LogP contribution in [-0.4, -0.2) is 0 Å². The Labute approximate surface area is 89.0 Å². The van der Waals surface area contributed by atoms with Gasteiger partial charge in [0, 0.05) is 22.9 Å². The topological polar surface area (TPSA) is 9.23 Å². The molecule has 0 aliphatic heterocycles. The Kier molecular flexibility index (Phi) is 5.60. The minimum absolute atomic E-state index is 0.412. The summed E-state index contributed by atoms with van der Waals surface area (Å²) in [5, 5.41) is 0.949. The fraction of sp³-hybridized carbons (Fsp3) is 0.200. The van der Waals surface area contributed by atoms with E-state index in [2.05, 4.69) is 26.3 Å². The van der Waals surface area contributed by atoms with Gasteiger partial charge in [0.1, 0.15) is 11.5 Å². The molecule has 0 N–H and O–H groups in total. The molecular weight excluding hydrogens is 207 g/mol. The van der Waals surface area contributed by atoms with Crippen molar-refractivity contribution in [2.24, 2.45) is 0 Å². The van der Waals surface area contributed by atoms with Crippen molar-refractivity contribution in [1.82, 2.24) is 0 Å². The van der Waals surface area contributed by atoms with E-state index in [1.54, 1.807) is 0 Å². The highest BCUT2D eigenvalue weighted by molar-refractivity contribution is 6.29. The fourth-order valence-electron chi connectivity index (χ4n) is 0.704. The highest BCUT2D eigenvalue weighted by Crippen LogP contribution is 2.19. The summed E-state index contributed by atoms with van der Waals surface area (Å²) in [5.74, 6) is 1.01. The molecule has 0 aliphatic carbocycles. The molecular formula is C10H12Cl2O. The Bertz CT molecular complexity index is 228. The van der Waals surface area contributed by atoms with E-state index in [-0.39, 0.29) is 0 Å². The average molecular weight is 219 g/mol. The zero-order chi connectivity index (χ0) is 10.4. The lowest BCUT2D eigenvalue weighted by Gasteiger charge is -2.09. The van der Waals surface area contributed by atoms with Gasteiger partial charge in [0.25, 0.3) is 0 Å². The Morgan fingerprint density at radius 1 is 0.846 bits per heavy atom. The number of rotatable bonds is 6. The quantitative estimate of drug-likeness (QED) is 0.604. The van der Waals surface area contributed by atoms with Gasteiger partial charge in [-0.15, -0.1) is 0 Å². The molecule has 0 radical (unpaired) electrons. The van der Waals surface area contributed by atoms with Crippen LogP contribution in [-0.2, 0) is 4.74 Å². The van der Waals surface area contributed by atoms with Gasteiger partial charge >= 0.3 is 0 Å². The van der Waals surface area contributed by atoms with Crippen molar-refractivity contribution in [3.8, 4) is 0 Å². The normalized spacial score (nSPS) is 9.08. The molecule has 0 saturated heterocycles. The standard InChI is InChI=1S/C10H12Cl2O/c1-7(11)5-9(3)13-10(4)6-8(2)12/h1-6H2. The molecule has 0 aromatic carbocycles. The van der Waals surface area contributed by atoms with E-state index >= 15 is 0 Å². The first kappa shape index (κ1) is 12.3. The number of hydrogen-bond donors (Lipinski definition) is 0. The van der Waals surface area contributed by atoms with E-state index in [1.165, 1.54) is 0 Å². The van der Waals surface area contributed by atoms with Gasteiger partial charge in [0.15, 0.2) is 0 Å². The molecule has 1 nitrogen and oxygen atoms in total. The zero-order valence-electron chi connectivity index (χ0n) is 7.41. The summed E-state index contributed by atoms with van der Waals surface area (Å²) < 4.78 is 5.19. The molecule has 0 aromatic rings. The van der Waals surface area contributed by atoms with Crippen LogP contribution in [0.25, 0.3) is 0 Å². The van der Waals surface area contributed by atoms with Gasteiger partial charge in [-0.1, -0.05) is 49.5 Å². The summed E-state index contributed by atoms with van der Waals surface area (Å²) in [6.45, 7) is 14.3. The molecule has 0 bridgehead atoms. The summed E-state index contributed by atoms with van der Waals surface area (Å²) in [6.07, 6.45) is 0.824. The second-order valence-electron chi connectivity index (χ2n) is 2.57. The van der Waals surface area contributed by atoms with Gasteiger partial charge in [-0.3, -0.25) is 0 Å². The molecule has 0 amide bonds. The third-order valence-corrected chi connectivity index (χ3v) is 1.33. The average Bonchev–Trinajstić information content (AvgIpc) is 1.80. The second-order valence-corrected chi connectivity index (χ2v) is 3.64. The summed E-state index contributed by atoms with van der Waals surface area (Å²) in [5.41, 5.74) is 0. The van der Waals surface area contributed by atoms with Crippen LogP contribution in [0.5, 0.6) is 0 Å². The van der Waals surface area contributed by atoms with Crippen molar-refractivity contribution in [2.75, 3.05) is 0 Å². The van der Waals surface area contributed by atoms with Crippen LogP contribution in [0.1, 0.15) is 12.8 Å². The molecule has 0 saturated carbocycles. The van der Waals surface area contributed by atoms with Crippen molar-refractivity contribution in [2.45, 2.75) is 12.8 Å². The van der Waals surface area contributed by atoms with Crippen molar-refractivity contribution >= 4 is 23.2 Å². The molecule has 0 unspecified atom stereocenters. The van der Waals surface area contributed by atoms with E-state index < -0.39 is 0 Å². The van der Waals surface area contributed by atoms with E-state index in [4.69, 9.17) is 27.9 Å². The maximum Gasteiger partial charge on any atom is 0.102 e. The number of halogens is 2.